The van der Waals surface area contributed by atoms with E-state index in [1.165, 1.54) is 20.3 Å². The quantitative estimate of drug-likeness (QED) is 0.260. The highest BCUT2D eigenvalue weighted by Crippen LogP contribution is 2.39. The van der Waals surface area contributed by atoms with Crippen molar-refractivity contribution < 1.29 is 28.5 Å². The first kappa shape index (κ1) is 21.6. The second-order valence-electron chi connectivity index (χ2n) is 7.00. The van der Waals surface area contributed by atoms with Crippen LogP contribution in [-0.2, 0) is 0 Å². The Morgan fingerprint density at radius 3 is 2.34 bits per heavy atom. The fourth-order valence-corrected chi connectivity index (χ4v) is 3.88. The van der Waals surface area contributed by atoms with Crippen molar-refractivity contribution in [2.75, 3.05) is 14.2 Å². The number of allylic oxidation sites excluding steroid dienone is 1. The van der Waals surface area contributed by atoms with Gasteiger partial charge in [0.1, 0.15) is 28.6 Å². The number of benzene rings is 3. The molecule has 0 unspecified atom stereocenters. The van der Waals surface area contributed by atoms with Gasteiger partial charge in [0.05, 0.1) is 19.8 Å². The molecule has 1 aliphatic heterocycles. The van der Waals surface area contributed by atoms with Crippen LogP contribution in [0.4, 0.5) is 0 Å². The minimum Gasteiger partial charge on any atom is -0.496 e. The van der Waals surface area contributed by atoms with Gasteiger partial charge in [0.15, 0.2) is 5.76 Å². The maximum atomic E-state index is 12.9. The van der Waals surface area contributed by atoms with Crippen LogP contribution in [0, 0.1) is 6.92 Å². The van der Waals surface area contributed by atoms with Crippen molar-refractivity contribution >= 4 is 33.8 Å². The Morgan fingerprint density at radius 1 is 1.00 bits per heavy atom. The summed E-state index contributed by atoms with van der Waals surface area (Å²) in [6.07, 6.45) is 1.68. The third-order valence-corrected chi connectivity index (χ3v) is 5.70. The third kappa shape index (κ3) is 3.99. The number of rotatable bonds is 5. The van der Waals surface area contributed by atoms with Gasteiger partial charge in [0.25, 0.3) is 0 Å². The Balaban J connectivity index is 1.65. The van der Waals surface area contributed by atoms with Crippen LogP contribution in [-0.4, -0.2) is 26.0 Å². The topological polar surface area (TPSA) is 71.1 Å². The number of carbonyl (C=O) groups is 2. The molecule has 32 heavy (non-hydrogen) atoms. The molecule has 0 saturated carbocycles. The minimum atomic E-state index is -0.646. The summed E-state index contributed by atoms with van der Waals surface area (Å²) < 4.78 is 22.8. The van der Waals surface area contributed by atoms with Crippen LogP contribution in [0.2, 0.25) is 0 Å². The molecular formula is C25H19BrO6. The van der Waals surface area contributed by atoms with Crippen molar-refractivity contribution in [2.45, 2.75) is 6.92 Å². The second kappa shape index (κ2) is 8.88. The van der Waals surface area contributed by atoms with E-state index in [0.717, 1.165) is 10.0 Å². The molecule has 0 bridgehead atoms. The molecule has 0 atom stereocenters. The van der Waals surface area contributed by atoms with E-state index in [1.54, 1.807) is 37.3 Å². The van der Waals surface area contributed by atoms with Crippen molar-refractivity contribution in [3.05, 3.63) is 87.1 Å². The van der Waals surface area contributed by atoms with Crippen LogP contribution in [0.5, 0.6) is 23.0 Å². The van der Waals surface area contributed by atoms with Crippen LogP contribution in [0.3, 0.4) is 0 Å². The molecule has 7 heteroatoms. The van der Waals surface area contributed by atoms with Gasteiger partial charge >= 0.3 is 5.97 Å². The first-order valence-corrected chi connectivity index (χ1v) is 10.5. The number of Topliss-reactive ketones (excluding diaryl/α,β-unsaturated/α-hetero) is 1. The summed E-state index contributed by atoms with van der Waals surface area (Å²) >= 11 is 3.47. The lowest BCUT2D eigenvalue weighted by Crippen LogP contribution is -2.12. The average Bonchev–Trinajstić information content (AvgIpc) is 3.09. The highest BCUT2D eigenvalue weighted by molar-refractivity contribution is 9.10. The first-order valence-electron chi connectivity index (χ1n) is 9.69. The van der Waals surface area contributed by atoms with Gasteiger partial charge in [-0.25, -0.2) is 4.79 Å². The lowest BCUT2D eigenvalue weighted by atomic mass is 10.0. The number of ketones is 1. The number of hydrogen-bond acceptors (Lipinski definition) is 6. The molecule has 0 spiro atoms. The van der Waals surface area contributed by atoms with E-state index in [-0.39, 0.29) is 22.9 Å². The molecule has 162 valence electrons. The summed E-state index contributed by atoms with van der Waals surface area (Å²) in [5, 5.41) is 0. The van der Waals surface area contributed by atoms with Crippen LogP contribution in [0.1, 0.15) is 31.8 Å². The highest BCUT2D eigenvalue weighted by atomic mass is 79.9. The van der Waals surface area contributed by atoms with Crippen molar-refractivity contribution in [3.8, 4) is 23.0 Å². The van der Waals surface area contributed by atoms with Gasteiger partial charge in [-0.2, -0.15) is 0 Å². The van der Waals surface area contributed by atoms with Crippen LogP contribution < -0.4 is 18.9 Å². The first-order chi connectivity index (χ1) is 15.4. The van der Waals surface area contributed by atoms with Crippen molar-refractivity contribution in [1.29, 1.82) is 0 Å². The summed E-state index contributed by atoms with van der Waals surface area (Å²) in [6.45, 7) is 1.77. The van der Waals surface area contributed by atoms with Gasteiger partial charge in [0, 0.05) is 10.5 Å². The highest BCUT2D eigenvalue weighted by Gasteiger charge is 2.31. The molecule has 6 nitrogen and oxygen atoms in total. The molecule has 0 radical (unpaired) electrons. The molecule has 1 heterocycles. The molecule has 0 fully saturated rings. The van der Waals surface area contributed by atoms with Crippen LogP contribution in [0.25, 0.3) is 6.08 Å². The summed E-state index contributed by atoms with van der Waals surface area (Å²) in [5.41, 5.74) is 2.06. The zero-order valence-corrected chi connectivity index (χ0v) is 19.2. The Hall–Kier alpha value is -3.58. The Morgan fingerprint density at radius 2 is 1.69 bits per heavy atom. The zero-order chi connectivity index (χ0) is 22.8. The van der Waals surface area contributed by atoms with E-state index in [2.05, 4.69) is 15.9 Å². The third-order valence-electron chi connectivity index (χ3n) is 4.98. The van der Waals surface area contributed by atoms with Gasteiger partial charge in [-0.3, -0.25) is 4.79 Å². The molecule has 0 amide bonds. The molecule has 1 aliphatic rings. The Labute approximate surface area is 193 Å². The van der Waals surface area contributed by atoms with E-state index >= 15 is 0 Å². The maximum Gasteiger partial charge on any atom is 0.351 e. The largest absolute Gasteiger partial charge is 0.496 e. The molecular weight excluding hydrogens is 476 g/mol. The van der Waals surface area contributed by atoms with Gasteiger partial charge in [-0.05, 0) is 48.4 Å². The minimum absolute atomic E-state index is 0.169. The molecule has 3 aromatic rings. The molecule has 3 aromatic carbocycles. The van der Waals surface area contributed by atoms with Gasteiger partial charge in [-0.15, -0.1) is 0 Å². The van der Waals surface area contributed by atoms with Crippen LogP contribution in [0.15, 0.2) is 64.8 Å². The zero-order valence-electron chi connectivity index (χ0n) is 17.6. The summed E-state index contributed by atoms with van der Waals surface area (Å²) in [7, 11) is 2.92. The maximum absolute atomic E-state index is 12.9. The molecule has 0 N–H and O–H groups in total. The van der Waals surface area contributed by atoms with Crippen molar-refractivity contribution in [2.24, 2.45) is 0 Å². The normalized spacial score (nSPS) is 13.5. The second-order valence-corrected chi connectivity index (χ2v) is 7.86. The van der Waals surface area contributed by atoms with E-state index in [9.17, 15) is 9.59 Å². The smallest absolute Gasteiger partial charge is 0.351 e. The number of aryl methyl sites for hydroxylation is 1. The number of ether oxygens (including phenoxy) is 4. The fraction of sp³-hybridized carbons (Fsp3) is 0.120. The number of methoxy groups -OCH3 is 2. The summed E-state index contributed by atoms with van der Waals surface area (Å²) in [5.74, 6) is 0.571. The Kier molecular flexibility index (Phi) is 6.01. The number of hydrogen-bond donors (Lipinski definition) is 0. The number of carbonyl (C=O) groups excluding carboxylic acids is 2. The van der Waals surface area contributed by atoms with Gasteiger partial charge in [-0.1, -0.05) is 40.2 Å². The number of fused-ring (bicyclic) bond motifs is 1. The standard InChI is InChI=1S/C25H19BrO6/c1-14-11-16(31-25(28)23-18(29-2)9-6-10-19(23)30-3)13-20-22(14)24(27)21(32-20)12-15-7-4-5-8-17(15)26/h4-13H,1-3H3/b21-12-. The van der Waals surface area contributed by atoms with E-state index in [4.69, 9.17) is 18.9 Å². The average molecular weight is 495 g/mol. The molecule has 4 rings (SSSR count). The fourth-order valence-electron chi connectivity index (χ4n) is 3.48. The van der Waals surface area contributed by atoms with E-state index in [0.29, 0.717) is 28.4 Å². The lowest BCUT2D eigenvalue weighted by Gasteiger charge is -2.13. The summed E-state index contributed by atoms with van der Waals surface area (Å²) in [4.78, 5) is 25.8. The molecule has 0 saturated heterocycles. The van der Waals surface area contributed by atoms with Crippen molar-refractivity contribution in [3.63, 3.8) is 0 Å². The molecule has 0 aliphatic carbocycles. The van der Waals surface area contributed by atoms with Crippen LogP contribution >= 0.6 is 15.9 Å². The Bertz CT molecular complexity index is 1240. The summed E-state index contributed by atoms with van der Waals surface area (Å²) in [6, 6.07) is 15.7. The van der Waals surface area contributed by atoms with E-state index < -0.39 is 5.97 Å². The lowest BCUT2D eigenvalue weighted by molar-refractivity contribution is 0.0727. The SMILES string of the molecule is COc1cccc(OC)c1C(=O)Oc1cc(C)c2c(c1)O/C(=C\c1ccccc1Br)C2=O. The van der Waals surface area contributed by atoms with Gasteiger partial charge in [0.2, 0.25) is 5.78 Å². The van der Waals surface area contributed by atoms with Crippen molar-refractivity contribution in [1.82, 2.24) is 0 Å². The predicted octanol–water partition coefficient (Wildman–Crippen LogP) is 5.61. The van der Waals surface area contributed by atoms with Gasteiger partial charge < -0.3 is 18.9 Å². The molecule has 0 aromatic heterocycles. The number of halogens is 1. The number of esters is 1. The van der Waals surface area contributed by atoms with E-state index in [1.807, 2.05) is 24.3 Å². The monoisotopic (exact) mass is 494 g/mol. The predicted molar refractivity (Wildman–Crippen MR) is 123 cm³/mol.